The Balaban J connectivity index is 1.66. The third kappa shape index (κ3) is 3.95. The van der Waals surface area contributed by atoms with Gasteiger partial charge in [0.05, 0.1) is 25.5 Å². The fraction of sp³-hybridized carbons (Fsp3) is 0.444. The minimum Gasteiger partial charge on any atom is -0.497 e. The normalized spacial score (nSPS) is 27.0. The van der Waals surface area contributed by atoms with Gasteiger partial charge in [-0.2, -0.15) is 13.2 Å². The average molecular weight is 414 g/mol. The second kappa shape index (κ2) is 7.51. The molecule has 0 radical (unpaired) electrons. The lowest BCUT2D eigenvalue weighted by Crippen LogP contribution is -2.40. The van der Waals surface area contributed by atoms with Gasteiger partial charge in [-0.1, -0.05) is 11.8 Å². The number of rotatable bonds is 4. The van der Waals surface area contributed by atoms with Crippen LogP contribution in [0.15, 0.2) is 35.5 Å². The van der Waals surface area contributed by atoms with E-state index in [0.717, 1.165) is 17.8 Å². The first kappa shape index (κ1) is 19.4. The SMILES string of the molecule is COc1ccc(-c2cc(C(F)(F)F)nc(S[C@H]3C[C@H](O)[C@H]4OC[C@H]3O4)n2)cc1. The summed E-state index contributed by atoms with van der Waals surface area (Å²) in [6.45, 7) is 0.281. The summed E-state index contributed by atoms with van der Waals surface area (Å²) in [4.78, 5) is 8.00. The van der Waals surface area contributed by atoms with E-state index in [1.54, 1.807) is 24.3 Å². The lowest BCUT2D eigenvalue weighted by molar-refractivity contribution is -0.150. The first-order valence-corrected chi connectivity index (χ1v) is 9.44. The summed E-state index contributed by atoms with van der Waals surface area (Å²) in [5.41, 5.74) is -0.348. The average Bonchev–Trinajstić information content (AvgIpc) is 3.11. The van der Waals surface area contributed by atoms with E-state index in [4.69, 9.17) is 14.2 Å². The van der Waals surface area contributed by atoms with Crippen LogP contribution in [0.25, 0.3) is 11.3 Å². The molecule has 4 atom stereocenters. The van der Waals surface area contributed by atoms with Crippen molar-refractivity contribution < 1.29 is 32.5 Å². The molecule has 2 aliphatic heterocycles. The zero-order chi connectivity index (χ0) is 19.9. The number of halogens is 3. The molecule has 2 bridgehead atoms. The van der Waals surface area contributed by atoms with Crippen LogP contribution in [0.4, 0.5) is 13.2 Å². The molecule has 1 N–H and O–H groups in total. The van der Waals surface area contributed by atoms with E-state index >= 15 is 0 Å². The lowest BCUT2D eigenvalue weighted by Gasteiger charge is -2.30. The van der Waals surface area contributed by atoms with Crippen LogP contribution in [-0.4, -0.2) is 52.5 Å². The van der Waals surface area contributed by atoms with Crippen LogP contribution in [0.3, 0.4) is 0 Å². The van der Waals surface area contributed by atoms with Gasteiger partial charge in [-0.3, -0.25) is 0 Å². The largest absolute Gasteiger partial charge is 0.497 e. The minimum absolute atomic E-state index is 0.0215. The van der Waals surface area contributed by atoms with Gasteiger partial charge in [-0.15, -0.1) is 0 Å². The summed E-state index contributed by atoms with van der Waals surface area (Å²) in [6, 6.07) is 7.50. The Morgan fingerprint density at radius 1 is 1.21 bits per heavy atom. The number of nitrogens with zero attached hydrogens (tertiary/aromatic N) is 2. The van der Waals surface area contributed by atoms with Gasteiger partial charge in [0.1, 0.15) is 17.5 Å². The molecule has 1 aromatic heterocycles. The van der Waals surface area contributed by atoms with Crippen molar-refractivity contribution in [1.29, 1.82) is 0 Å². The van der Waals surface area contributed by atoms with Crippen molar-refractivity contribution in [2.45, 2.75) is 41.5 Å². The zero-order valence-electron chi connectivity index (χ0n) is 14.7. The van der Waals surface area contributed by atoms with E-state index in [2.05, 4.69) is 9.97 Å². The Bertz CT molecular complexity index is 850. The maximum Gasteiger partial charge on any atom is 0.433 e. The number of alkyl halides is 3. The summed E-state index contributed by atoms with van der Waals surface area (Å²) >= 11 is 1.06. The summed E-state index contributed by atoms with van der Waals surface area (Å²) in [5.74, 6) is 0.590. The van der Waals surface area contributed by atoms with Crippen LogP contribution in [0.1, 0.15) is 12.1 Å². The molecule has 2 saturated heterocycles. The minimum atomic E-state index is -4.61. The highest BCUT2D eigenvalue weighted by Crippen LogP contribution is 2.39. The summed E-state index contributed by atoms with van der Waals surface area (Å²) in [5, 5.41) is 9.69. The third-order valence-corrected chi connectivity index (χ3v) is 5.77. The van der Waals surface area contributed by atoms with Crippen LogP contribution in [0, 0.1) is 0 Å². The Labute approximate surface area is 163 Å². The highest BCUT2D eigenvalue weighted by atomic mass is 32.2. The molecule has 10 heteroatoms. The predicted molar refractivity (Wildman–Crippen MR) is 93.9 cm³/mol. The van der Waals surface area contributed by atoms with E-state index < -0.39 is 24.3 Å². The van der Waals surface area contributed by atoms with Crippen molar-refractivity contribution in [2.75, 3.05) is 13.7 Å². The molecule has 0 spiro atoms. The molecule has 1 aromatic carbocycles. The number of fused-ring (bicyclic) bond motifs is 2. The fourth-order valence-corrected chi connectivity index (χ4v) is 4.29. The van der Waals surface area contributed by atoms with Crippen molar-refractivity contribution in [3.63, 3.8) is 0 Å². The molecular formula is C18H17F3N2O4S. The topological polar surface area (TPSA) is 73.7 Å². The van der Waals surface area contributed by atoms with E-state index in [1.807, 2.05) is 0 Å². The number of thioether (sulfide) groups is 1. The maximum atomic E-state index is 13.4. The van der Waals surface area contributed by atoms with Gasteiger partial charge in [0, 0.05) is 10.8 Å². The molecule has 0 amide bonds. The second-order valence-electron chi connectivity index (χ2n) is 6.48. The standard InChI is InChI=1S/C18H17F3N2O4S/c1-25-10-4-2-9(3-5-10)11-6-15(18(19,20)21)23-17(22-11)28-14-7-12(24)16-26-8-13(14)27-16/h2-6,12-14,16,24H,7-8H2,1H3/t12-,13+,14-,16-/m0/s1. The molecule has 0 aliphatic carbocycles. The molecule has 2 aromatic rings. The molecule has 150 valence electrons. The molecular weight excluding hydrogens is 397 g/mol. The van der Waals surface area contributed by atoms with Gasteiger partial charge in [0.2, 0.25) is 0 Å². The molecule has 6 nitrogen and oxygen atoms in total. The highest BCUT2D eigenvalue weighted by Gasteiger charge is 2.44. The van der Waals surface area contributed by atoms with Gasteiger partial charge >= 0.3 is 6.18 Å². The summed E-state index contributed by atoms with van der Waals surface area (Å²) in [6.07, 6.45) is -6.09. The van der Waals surface area contributed by atoms with E-state index in [1.165, 1.54) is 7.11 Å². The van der Waals surface area contributed by atoms with Crippen molar-refractivity contribution >= 4 is 11.8 Å². The molecule has 4 rings (SSSR count). The first-order valence-electron chi connectivity index (χ1n) is 8.56. The Morgan fingerprint density at radius 3 is 2.64 bits per heavy atom. The summed E-state index contributed by atoms with van der Waals surface area (Å²) in [7, 11) is 1.51. The molecule has 2 aliphatic rings. The smallest absolute Gasteiger partial charge is 0.433 e. The number of benzene rings is 1. The van der Waals surface area contributed by atoms with Crippen molar-refractivity contribution in [1.82, 2.24) is 9.97 Å². The number of aliphatic hydroxyl groups is 1. The molecule has 2 fully saturated rings. The van der Waals surface area contributed by atoms with Gasteiger partial charge < -0.3 is 19.3 Å². The molecule has 0 saturated carbocycles. The maximum absolute atomic E-state index is 13.4. The number of aromatic nitrogens is 2. The van der Waals surface area contributed by atoms with Crippen molar-refractivity contribution in [3.8, 4) is 17.0 Å². The van der Waals surface area contributed by atoms with Gasteiger partial charge in [-0.05, 0) is 36.8 Å². The fourth-order valence-electron chi connectivity index (χ4n) is 3.13. The predicted octanol–water partition coefficient (Wildman–Crippen LogP) is 3.14. The first-order chi connectivity index (χ1) is 13.3. The Morgan fingerprint density at radius 2 is 1.96 bits per heavy atom. The number of methoxy groups -OCH3 is 1. The van der Waals surface area contributed by atoms with E-state index in [0.29, 0.717) is 17.7 Å². The van der Waals surface area contributed by atoms with Crippen LogP contribution in [0.5, 0.6) is 5.75 Å². The number of hydrogen-bond acceptors (Lipinski definition) is 7. The van der Waals surface area contributed by atoms with Gasteiger partial charge in [0.25, 0.3) is 0 Å². The highest BCUT2D eigenvalue weighted by molar-refractivity contribution is 7.99. The number of aliphatic hydroxyl groups excluding tert-OH is 1. The number of ether oxygens (including phenoxy) is 3. The molecule has 3 heterocycles. The van der Waals surface area contributed by atoms with Crippen LogP contribution in [-0.2, 0) is 15.7 Å². The second-order valence-corrected chi connectivity index (χ2v) is 7.69. The Hall–Kier alpha value is -1.88. The van der Waals surface area contributed by atoms with Crippen LogP contribution >= 0.6 is 11.8 Å². The quantitative estimate of drug-likeness (QED) is 0.771. The van der Waals surface area contributed by atoms with Crippen molar-refractivity contribution in [3.05, 3.63) is 36.0 Å². The van der Waals surface area contributed by atoms with Crippen LogP contribution in [0.2, 0.25) is 0 Å². The molecule has 0 unspecified atom stereocenters. The number of hydrogen-bond donors (Lipinski definition) is 1. The van der Waals surface area contributed by atoms with Crippen molar-refractivity contribution in [2.24, 2.45) is 0 Å². The van der Waals surface area contributed by atoms with Crippen LogP contribution < -0.4 is 4.74 Å². The lowest BCUT2D eigenvalue weighted by atomic mass is 10.1. The van der Waals surface area contributed by atoms with Gasteiger partial charge in [-0.25, -0.2) is 9.97 Å². The monoisotopic (exact) mass is 414 g/mol. The van der Waals surface area contributed by atoms with Gasteiger partial charge in [0.15, 0.2) is 11.4 Å². The molecule has 28 heavy (non-hydrogen) atoms. The van der Waals surface area contributed by atoms with E-state index in [-0.39, 0.29) is 28.8 Å². The zero-order valence-corrected chi connectivity index (χ0v) is 15.5. The third-order valence-electron chi connectivity index (χ3n) is 4.57. The Kier molecular flexibility index (Phi) is 5.21. The van der Waals surface area contributed by atoms with E-state index in [9.17, 15) is 18.3 Å². The summed E-state index contributed by atoms with van der Waals surface area (Å²) < 4.78 is 56.1.